The molecule has 0 amide bonds. The van der Waals surface area contributed by atoms with E-state index in [4.69, 9.17) is 5.11 Å². The Morgan fingerprint density at radius 2 is 2.10 bits per heavy atom. The van der Waals surface area contributed by atoms with Crippen molar-refractivity contribution in [2.24, 2.45) is 5.92 Å². The van der Waals surface area contributed by atoms with Gasteiger partial charge in [-0.2, -0.15) is 4.31 Å². The molecule has 1 aliphatic rings. The van der Waals surface area contributed by atoms with E-state index < -0.39 is 39.3 Å². The summed E-state index contributed by atoms with van der Waals surface area (Å²) in [7, 11) is -3.88. The van der Waals surface area contributed by atoms with E-state index >= 15 is 0 Å². The van der Waals surface area contributed by atoms with Crippen LogP contribution < -0.4 is 0 Å². The normalized spacial score (nSPS) is 19.6. The van der Waals surface area contributed by atoms with Crippen LogP contribution in [0.5, 0.6) is 0 Å². The second-order valence-electron chi connectivity index (χ2n) is 4.68. The minimum atomic E-state index is -3.88. The summed E-state index contributed by atoms with van der Waals surface area (Å²) in [4.78, 5) is 10.9. The number of benzene rings is 1. The van der Waals surface area contributed by atoms with Gasteiger partial charge in [0.2, 0.25) is 10.0 Å². The van der Waals surface area contributed by atoms with Crippen molar-refractivity contribution >= 4 is 16.0 Å². The molecule has 8 heteroatoms. The molecule has 1 atom stereocenters. The summed E-state index contributed by atoms with van der Waals surface area (Å²) in [5, 5.41) is 8.91. The van der Waals surface area contributed by atoms with Crippen molar-refractivity contribution in [3.8, 4) is 0 Å². The Labute approximate surface area is 120 Å². The highest BCUT2D eigenvalue weighted by Gasteiger charge is 2.30. The smallest absolute Gasteiger partial charge is 0.311 e. The van der Waals surface area contributed by atoms with E-state index in [9.17, 15) is 22.0 Å². The highest BCUT2D eigenvalue weighted by Crippen LogP contribution is 2.19. The second kappa shape index (κ2) is 5.90. The average Bonchev–Trinajstić information content (AvgIpc) is 2.42. The number of carboxylic acids is 1. The molecule has 0 aromatic heterocycles. The molecule has 1 unspecified atom stereocenters. The zero-order valence-corrected chi connectivity index (χ0v) is 11.7. The predicted octanol–water partition coefficient (Wildman–Crippen LogP) is 1.37. The monoisotopic (exact) mass is 317 g/mol. The number of rotatable bonds is 4. The summed E-state index contributed by atoms with van der Waals surface area (Å²) in [5.41, 5.74) is -0.155. The highest BCUT2D eigenvalue weighted by atomic mass is 32.2. The van der Waals surface area contributed by atoms with Crippen molar-refractivity contribution in [2.75, 3.05) is 13.1 Å². The van der Waals surface area contributed by atoms with Crippen LogP contribution in [0, 0.1) is 17.6 Å². The van der Waals surface area contributed by atoms with E-state index in [1.807, 2.05) is 0 Å². The molecule has 0 bridgehead atoms. The molecule has 0 saturated heterocycles. The molecule has 5 nitrogen and oxygen atoms in total. The summed E-state index contributed by atoms with van der Waals surface area (Å²) in [6, 6.07) is 2.65. The van der Waals surface area contributed by atoms with Gasteiger partial charge in [0, 0.05) is 24.7 Å². The molecule has 0 fully saturated rings. The number of nitrogens with zero attached hydrogens (tertiary/aromatic N) is 1. The van der Waals surface area contributed by atoms with Crippen LogP contribution >= 0.6 is 0 Å². The number of carbonyl (C=O) groups is 1. The maximum Gasteiger partial charge on any atom is 0.311 e. The van der Waals surface area contributed by atoms with Crippen LogP contribution in [0.4, 0.5) is 8.78 Å². The van der Waals surface area contributed by atoms with E-state index in [0.717, 1.165) is 16.4 Å². The fourth-order valence-electron chi connectivity index (χ4n) is 2.01. The van der Waals surface area contributed by atoms with Crippen LogP contribution in [0.25, 0.3) is 0 Å². The lowest BCUT2D eigenvalue weighted by Gasteiger charge is -2.26. The topological polar surface area (TPSA) is 74.7 Å². The predicted molar refractivity (Wildman–Crippen MR) is 70.8 cm³/mol. The molecule has 1 N–H and O–H groups in total. The molecular weight excluding hydrogens is 304 g/mol. The average molecular weight is 317 g/mol. The Kier molecular flexibility index (Phi) is 4.38. The Hall–Kier alpha value is -1.80. The minimum Gasteiger partial charge on any atom is -0.481 e. The first kappa shape index (κ1) is 15.6. The molecule has 0 aliphatic carbocycles. The number of halogens is 2. The molecular formula is C13H13F2NO4S. The maximum atomic E-state index is 13.5. The van der Waals surface area contributed by atoms with Gasteiger partial charge in [0.15, 0.2) is 0 Å². The summed E-state index contributed by atoms with van der Waals surface area (Å²) in [6.07, 6.45) is 2.87. The molecule has 114 valence electrons. The van der Waals surface area contributed by atoms with Gasteiger partial charge >= 0.3 is 5.97 Å². The van der Waals surface area contributed by atoms with Crippen molar-refractivity contribution in [2.45, 2.75) is 5.75 Å². The molecule has 1 aliphatic heterocycles. The number of sulfonamides is 1. The van der Waals surface area contributed by atoms with Gasteiger partial charge in [-0.05, 0) is 6.07 Å². The number of hydrogen-bond acceptors (Lipinski definition) is 3. The first-order valence-corrected chi connectivity index (χ1v) is 7.72. The van der Waals surface area contributed by atoms with Gasteiger partial charge in [0.05, 0.1) is 11.7 Å². The third-order valence-corrected chi connectivity index (χ3v) is 4.90. The molecule has 0 radical (unpaired) electrons. The van der Waals surface area contributed by atoms with Crippen LogP contribution in [0.15, 0.2) is 30.4 Å². The first-order chi connectivity index (χ1) is 9.79. The van der Waals surface area contributed by atoms with Crippen molar-refractivity contribution in [3.63, 3.8) is 0 Å². The first-order valence-electron chi connectivity index (χ1n) is 6.11. The number of hydrogen-bond donors (Lipinski definition) is 1. The van der Waals surface area contributed by atoms with E-state index in [1.165, 1.54) is 12.2 Å². The van der Waals surface area contributed by atoms with Crippen LogP contribution in [0.1, 0.15) is 5.56 Å². The van der Waals surface area contributed by atoms with E-state index in [2.05, 4.69) is 0 Å². The zero-order valence-electron chi connectivity index (χ0n) is 10.9. The summed E-state index contributed by atoms with van der Waals surface area (Å²) < 4.78 is 51.7. The van der Waals surface area contributed by atoms with Gasteiger partial charge in [-0.15, -0.1) is 0 Å². The quantitative estimate of drug-likeness (QED) is 0.851. The molecule has 1 aromatic rings. The third-order valence-electron chi connectivity index (χ3n) is 3.14. The van der Waals surface area contributed by atoms with Crippen LogP contribution in [0.3, 0.4) is 0 Å². The maximum absolute atomic E-state index is 13.5. The molecule has 0 saturated carbocycles. The van der Waals surface area contributed by atoms with Crippen LogP contribution in [0.2, 0.25) is 0 Å². The molecule has 1 heterocycles. The van der Waals surface area contributed by atoms with Gasteiger partial charge in [-0.3, -0.25) is 4.79 Å². The largest absolute Gasteiger partial charge is 0.481 e. The summed E-state index contributed by atoms with van der Waals surface area (Å²) in [5.74, 6) is -4.42. The van der Waals surface area contributed by atoms with Crippen molar-refractivity contribution < 1.29 is 27.1 Å². The standard InChI is InChI=1S/C13H13F2NO4S/c14-11-4-3-10(12(15)6-11)8-21(19,20)16-5-1-2-9(7-16)13(17)18/h1-4,6,9H,5,7-8H2,(H,17,18). The van der Waals surface area contributed by atoms with E-state index in [0.29, 0.717) is 6.07 Å². The zero-order chi connectivity index (χ0) is 15.6. The lowest BCUT2D eigenvalue weighted by atomic mass is 10.1. The Balaban J connectivity index is 2.19. The molecule has 1 aromatic carbocycles. The van der Waals surface area contributed by atoms with Crippen molar-refractivity contribution in [3.05, 3.63) is 47.5 Å². The van der Waals surface area contributed by atoms with Crippen LogP contribution in [-0.4, -0.2) is 36.9 Å². The van der Waals surface area contributed by atoms with Gasteiger partial charge in [-0.25, -0.2) is 17.2 Å². The van der Waals surface area contributed by atoms with Crippen molar-refractivity contribution in [1.29, 1.82) is 0 Å². The summed E-state index contributed by atoms with van der Waals surface area (Å²) >= 11 is 0. The van der Waals surface area contributed by atoms with Gasteiger partial charge < -0.3 is 5.11 Å². The molecule has 0 spiro atoms. The van der Waals surface area contributed by atoms with Crippen LogP contribution in [-0.2, 0) is 20.6 Å². The Bertz CT molecular complexity index is 687. The lowest BCUT2D eigenvalue weighted by molar-refractivity contribution is -0.140. The van der Waals surface area contributed by atoms with Gasteiger partial charge in [0.1, 0.15) is 11.6 Å². The Morgan fingerprint density at radius 3 is 2.71 bits per heavy atom. The highest BCUT2D eigenvalue weighted by molar-refractivity contribution is 7.88. The van der Waals surface area contributed by atoms with E-state index in [1.54, 1.807) is 0 Å². The van der Waals surface area contributed by atoms with Gasteiger partial charge in [0.25, 0.3) is 0 Å². The number of aliphatic carboxylic acids is 1. The number of carboxylic acid groups (broad SMARTS) is 1. The fourth-order valence-corrected chi connectivity index (χ4v) is 3.52. The van der Waals surface area contributed by atoms with Gasteiger partial charge in [-0.1, -0.05) is 18.2 Å². The third kappa shape index (κ3) is 3.64. The summed E-state index contributed by atoms with van der Waals surface area (Å²) in [6.45, 7) is -0.161. The minimum absolute atomic E-state index is 0.0366. The second-order valence-corrected chi connectivity index (χ2v) is 6.65. The molecule has 2 rings (SSSR count). The van der Waals surface area contributed by atoms with E-state index in [-0.39, 0.29) is 18.7 Å². The SMILES string of the molecule is O=C(O)C1C=CCN(S(=O)(=O)Cc2ccc(F)cc2F)C1. The fraction of sp³-hybridized carbons (Fsp3) is 0.308. The molecule has 21 heavy (non-hydrogen) atoms. The van der Waals surface area contributed by atoms with Crippen molar-refractivity contribution in [1.82, 2.24) is 4.31 Å². The Morgan fingerprint density at radius 1 is 1.38 bits per heavy atom. The lowest BCUT2D eigenvalue weighted by Crippen LogP contribution is -2.40.